The van der Waals surface area contributed by atoms with Crippen LogP contribution >= 0.6 is 24.0 Å². The minimum atomic E-state index is -3.73. The zero-order valence-corrected chi connectivity index (χ0v) is 21.0. The van der Waals surface area contributed by atoms with Crippen molar-refractivity contribution < 1.29 is 17.9 Å². The minimum Gasteiger partial charge on any atom is -0.494 e. The van der Waals surface area contributed by atoms with E-state index in [-0.39, 0.29) is 35.0 Å². The molecule has 3 rings (SSSR count). The van der Waals surface area contributed by atoms with Crippen LogP contribution in [0.25, 0.3) is 0 Å². The maximum Gasteiger partial charge on any atom is 0.238 e. The van der Waals surface area contributed by atoms with Crippen LogP contribution in [0.15, 0.2) is 46.3 Å². The molecule has 1 unspecified atom stereocenters. The lowest BCUT2D eigenvalue weighted by Crippen LogP contribution is -2.36. The highest BCUT2D eigenvalue weighted by Crippen LogP contribution is 2.35. The van der Waals surface area contributed by atoms with Gasteiger partial charge in [-0.1, -0.05) is 12.1 Å². The van der Waals surface area contributed by atoms with Gasteiger partial charge in [-0.25, -0.2) is 13.6 Å². The average molecular weight is 560 g/mol. The summed E-state index contributed by atoms with van der Waals surface area (Å²) in [4.78, 5) is 4.31. The van der Waals surface area contributed by atoms with Crippen molar-refractivity contribution in [2.75, 3.05) is 13.7 Å². The Kier molecular flexibility index (Phi) is 8.95. The maximum atomic E-state index is 11.5. The molecule has 4 N–H and O–H groups in total. The largest absolute Gasteiger partial charge is 0.494 e. The Bertz CT molecular complexity index is 1040. The van der Waals surface area contributed by atoms with Gasteiger partial charge in [0.2, 0.25) is 10.0 Å². The van der Waals surface area contributed by atoms with Crippen LogP contribution in [0.2, 0.25) is 0 Å². The predicted octanol–water partition coefficient (Wildman–Crippen LogP) is 2.54. The Morgan fingerprint density at radius 3 is 2.68 bits per heavy atom. The number of ether oxygens (including phenoxy) is 2. The average Bonchev–Trinajstić information content (AvgIpc) is 3.06. The second-order valence-corrected chi connectivity index (χ2v) is 8.67. The lowest BCUT2D eigenvalue weighted by molar-refractivity contribution is 0.254. The van der Waals surface area contributed by atoms with Crippen LogP contribution in [0.1, 0.15) is 30.5 Å². The van der Waals surface area contributed by atoms with Gasteiger partial charge in [-0.3, -0.25) is 4.99 Å². The number of rotatable bonds is 7. The molecule has 8 nitrogen and oxygen atoms in total. The number of primary sulfonamides is 1. The number of benzene rings is 2. The highest BCUT2D eigenvalue weighted by atomic mass is 127. The molecule has 1 aliphatic rings. The first-order valence-corrected chi connectivity index (χ1v) is 11.4. The molecule has 0 saturated carbocycles. The molecule has 2 aromatic carbocycles. The van der Waals surface area contributed by atoms with Crippen LogP contribution in [0.3, 0.4) is 0 Å². The molecule has 0 bridgehead atoms. The highest BCUT2D eigenvalue weighted by molar-refractivity contribution is 14.0. The molecule has 170 valence electrons. The standard InChI is InChI=1S/C21H28N4O4S.HI/c1-4-28-19-10-16-8-14(2)29-20(16)11-17(19)13-25-21(23-3)24-12-15-6-5-7-18(9-15)30(22,26)27;/h5-7,9-11,14H,4,8,12-13H2,1-3H3,(H2,22,26,27)(H2,23,24,25);1H. The number of aliphatic imine (C=N–C) groups is 1. The monoisotopic (exact) mass is 560 g/mol. The van der Waals surface area contributed by atoms with E-state index < -0.39 is 10.0 Å². The van der Waals surface area contributed by atoms with Gasteiger partial charge in [-0.2, -0.15) is 0 Å². The van der Waals surface area contributed by atoms with Crippen LogP contribution in [0.4, 0.5) is 0 Å². The van der Waals surface area contributed by atoms with Crippen molar-refractivity contribution in [3.05, 3.63) is 53.1 Å². The first-order valence-electron chi connectivity index (χ1n) is 9.81. The van der Waals surface area contributed by atoms with Crippen molar-refractivity contribution in [3.8, 4) is 11.5 Å². The maximum absolute atomic E-state index is 11.5. The first kappa shape index (κ1) is 25.2. The number of nitrogens with one attached hydrogen (secondary N) is 2. The molecule has 0 spiro atoms. The molecule has 0 aromatic heterocycles. The van der Waals surface area contributed by atoms with Gasteiger partial charge in [0.25, 0.3) is 0 Å². The summed E-state index contributed by atoms with van der Waals surface area (Å²) in [5.74, 6) is 2.30. The molecule has 1 heterocycles. The molecule has 1 aliphatic heterocycles. The number of hydrogen-bond acceptors (Lipinski definition) is 5. The zero-order chi connectivity index (χ0) is 21.7. The van der Waals surface area contributed by atoms with E-state index in [0.717, 1.165) is 34.6 Å². The third-order valence-corrected chi connectivity index (χ3v) is 5.65. The third kappa shape index (κ3) is 6.71. The normalized spacial score (nSPS) is 15.5. The van der Waals surface area contributed by atoms with E-state index in [0.29, 0.717) is 25.7 Å². The van der Waals surface area contributed by atoms with Gasteiger partial charge in [-0.05, 0) is 43.7 Å². The summed E-state index contributed by atoms with van der Waals surface area (Å²) in [6.07, 6.45) is 1.05. The second kappa shape index (κ2) is 11.0. The number of nitrogens with zero attached hydrogens (tertiary/aromatic N) is 1. The minimum absolute atomic E-state index is 0. The molecular formula is C21H29IN4O4S. The Hall–Kier alpha value is -2.05. The lowest BCUT2D eigenvalue weighted by Gasteiger charge is -2.16. The van der Waals surface area contributed by atoms with Crippen LogP contribution in [0.5, 0.6) is 11.5 Å². The van der Waals surface area contributed by atoms with Crippen LogP contribution < -0.4 is 25.2 Å². The number of guanidine groups is 1. The summed E-state index contributed by atoms with van der Waals surface area (Å²) >= 11 is 0. The topological polar surface area (TPSA) is 115 Å². The molecule has 0 radical (unpaired) electrons. The SMILES string of the molecule is CCOc1cc2c(cc1CNC(=NC)NCc1cccc(S(N)(=O)=O)c1)OC(C)C2.I. The van der Waals surface area contributed by atoms with Crippen molar-refractivity contribution in [1.82, 2.24) is 10.6 Å². The van der Waals surface area contributed by atoms with E-state index in [2.05, 4.69) is 22.5 Å². The van der Waals surface area contributed by atoms with Crippen molar-refractivity contribution in [3.63, 3.8) is 0 Å². The molecular weight excluding hydrogens is 531 g/mol. The fourth-order valence-electron chi connectivity index (χ4n) is 3.33. The van der Waals surface area contributed by atoms with Gasteiger partial charge >= 0.3 is 0 Å². The molecule has 0 aliphatic carbocycles. The fourth-order valence-corrected chi connectivity index (χ4v) is 3.91. The second-order valence-electron chi connectivity index (χ2n) is 7.10. The van der Waals surface area contributed by atoms with Gasteiger partial charge in [0.05, 0.1) is 11.5 Å². The highest BCUT2D eigenvalue weighted by Gasteiger charge is 2.22. The molecule has 1 atom stereocenters. The first-order chi connectivity index (χ1) is 14.3. The Morgan fingerprint density at radius 1 is 1.26 bits per heavy atom. The third-order valence-electron chi connectivity index (χ3n) is 4.74. The van der Waals surface area contributed by atoms with Crippen molar-refractivity contribution >= 4 is 40.0 Å². The Morgan fingerprint density at radius 2 is 2.00 bits per heavy atom. The predicted molar refractivity (Wildman–Crippen MR) is 132 cm³/mol. The van der Waals surface area contributed by atoms with E-state index in [4.69, 9.17) is 14.6 Å². The zero-order valence-electron chi connectivity index (χ0n) is 17.8. The smallest absolute Gasteiger partial charge is 0.238 e. The summed E-state index contributed by atoms with van der Waals surface area (Å²) in [7, 11) is -2.06. The van der Waals surface area contributed by atoms with Crippen molar-refractivity contribution in [2.45, 2.75) is 44.4 Å². The lowest BCUT2D eigenvalue weighted by atomic mass is 10.1. The van der Waals surface area contributed by atoms with Gasteiger partial charge in [0, 0.05) is 37.7 Å². The Labute approximate surface area is 200 Å². The van der Waals surface area contributed by atoms with Gasteiger partial charge in [0.1, 0.15) is 17.6 Å². The Balaban J connectivity index is 0.00000341. The van der Waals surface area contributed by atoms with Gasteiger partial charge in [0.15, 0.2) is 5.96 Å². The van der Waals surface area contributed by atoms with Gasteiger partial charge < -0.3 is 20.1 Å². The number of halogens is 1. The molecule has 31 heavy (non-hydrogen) atoms. The summed E-state index contributed by atoms with van der Waals surface area (Å²) < 4.78 is 34.7. The van der Waals surface area contributed by atoms with Crippen LogP contribution in [-0.2, 0) is 29.5 Å². The van der Waals surface area contributed by atoms with Crippen molar-refractivity contribution in [2.24, 2.45) is 10.1 Å². The number of sulfonamides is 1. The number of hydrogen-bond donors (Lipinski definition) is 3. The number of fused-ring (bicyclic) bond motifs is 1. The quantitative estimate of drug-likeness (QED) is 0.273. The van der Waals surface area contributed by atoms with Crippen LogP contribution in [0, 0.1) is 0 Å². The molecule has 0 saturated heterocycles. The van der Waals surface area contributed by atoms with Gasteiger partial charge in [-0.15, -0.1) is 24.0 Å². The van der Waals surface area contributed by atoms with E-state index >= 15 is 0 Å². The molecule has 0 fully saturated rings. The van der Waals surface area contributed by atoms with E-state index in [1.165, 1.54) is 6.07 Å². The fraction of sp³-hybridized carbons (Fsp3) is 0.381. The van der Waals surface area contributed by atoms with E-state index in [1.54, 1.807) is 19.2 Å². The van der Waals surface area contributed by atoms with E-state index in [9.17, 15) is 8.42 Å². The molecule has 10 heteroatoms. The summed E-state index contributed by atoms with van der Waals surface area (Å²) in [6.45, 7) is 5.48. The summed E-state index contributed by atoms with van der Waals surface area (Å²) in [5.41, 5.74) is 2.91. The summed E-state index contributed by atoms with van der Waals surface area (Å²) in [6, 6.07) is 10.6. The van der Waals surface area contributed by atoms with Crippen molar-refractivity contribution in [1.29, 1.82) is 0 Å². The van der Waals surface area contributed by atoms with E-state index in [1.807, 2.05) is 25.1 Å². The van der Waals surface area contributed by atoms with Crippen LogP contribution in [-0.4, -0.2) is 34.1 Å². The molecule has 0 amide bonds. The number of nitrogens with two attached hydrogens (primary N) is 1. The molecule has 2 aromatic rings. The summed E-state index contributed by atoms with van der Waals surface area (Å²) in [5, 5.41) is 11.6.